The number of nitrogens with zero attached hydrogens (tertiary/aromatic N) is 1. The topological polar surface area (TPSA) is 175 Å². The van der Waals surface area contributed by atoms with E-state index in [2.05, 4.69) is 0 Å². The summed E-state index contributed by atoms with van der Waals surface area (Å²) in [6, 6.07) is 9.43. The lowest BCUT2D eigenvalue weighted by Gasteiger charge is -2.55. The van der Waals surface area contributed by atoms with E-state index in [4.69, 9.17) is 17.3 Å². The fraction of sp³-hybridized carbons (Fsp3) is 0.321. The summed E-state index contributed by atoms with van der Waals surface area (Å²) in [4.78, 5) is 68.0. The summed E-state index contributed by atoms with van der Waals surface area (Å²) in [7, 11) is 2.87. The van der Waals surface area contributed by atoms with Crippen LogP contribution in [-0.4, -0.2) is 81.1 Å². The number of fused-ring (bicyclic) bond motifs is 3. The van der Waals surface area contributed by atoms with Crippen molar-refractivity contribution in [2.24, 2.45) is 29.4 Å². The summed E-state index contributed by atoms with van der Waals surface area (Å²) in [5.74, 6) is -13.3. The molecule has 0 aromatic heterocycles. The van der Waals surface area contributed by atoms with Gasteiger partial charge in [-0.2, -0.15) is 0 Å². The highest BCUT2D eigenvalue weighted by Crippen LogP contribution is 2.54. The first-order chi connectivity index (χ1) is 18.3. The van der Waals surface area contributed by atoms with E-state index in [9.17, 15) is 39.3 Å². The van der Waals surface area contributed by atoms with Crippen molar-refractivity contribution in [2.45, 2.75) is 17.7 Å². The van der Waals surface area contributed by atoms with Crippen molar-refractivity contribution in [2.75, 3.05) is 14.1 Å². The van der Waals surface area contributed by atoms with Gasteiger partial charge in [0.2, 0.25) is 5.91 Å². The molecule has 0 aliphatic heterocycles. The second kappa shape index (κ2) is 9.20. The van der Waals surface area contributed by atoms with Crippen molar-refractivity contribution >= 4 is 52.3 Å². The van der Waals surface area contributed by atoms with Crippen LogP contribution in [0.3, 0.4) is 0 Å². The van der Waals surface area contributed by atoms with Crippen molar-refractivity contribution in [1.82, 2.24) is 4.90 Å². The number of benzene rings is 2. The molecule has 2 unspecified atom stereocenters. The molecule has 3 aliphatic rings. The number of rotatable bonds is 3. The zero-order chi connectivity index (χ0) is 28.5. The molecule has 0 spiro atoms. The number of ketones is 4. The Kier molecular flexibility index (Phi) is 6.34. The Morgan fingerprint density at radius 3 is 2.28 bits per heavy atom. The predicted octanol–water partition coefficient (Wildman–Crippen LogP) is 0.489. The minimum absolute atomic E-state index is 0.212. The molecule has 2 aromatic carbocycles. The largest absolute Gasteiger partial charge is 0.507 e. The molecule has 202 valence electrons. The third kappa shape index (κ3) is 3.70. The molecule has 2 aromatic rings. The minimum atomic E-state index is -3.06. The summed E-state index contributed by atoms with van der Waals surface area (Å²) in [5, 5.41) is 34.7. The number of hydrogen-bond acceptors (Lipinski definition) is 9. The highest BCUT2D eigenvalue weighted by molar-refractivity contribution is 6.33. The van der Waals surface area contributed by atoms with Gasteiger partial charge in [0.15, 0.2) is 34.7 Å². The highest BCUT2D eigenvalue weighted by Gasteiger charge is 2.72. The van der Waals surface area contributed by atoms with Gasteiger partial charge < -0.3 is 21.1 Å². The normalized spacial score (nSPS) is 33.1. The van der Waals surface area contributed by atoms with Crippen molar-refractivity contribution < 1.29 is 39.3 Å². The highest BCUT2D eigenvalue weighted by atomic mass is 35.5. The van der Waals surface area contributed by atoms with Crippen LogP contribution in [0.15, 0.2) is 42.5 Å². The van der Waals surface area contributed by atoms with Crippen LogP contribution in [0.5, 0.6) is 5.75 Å². The number of carbonyl (C=O) groups is 5. The maximum absolute atomic E-state index is 14.1. The second-order valence-electron chi connectivity index (χ2n) is 10.4. The number of likely N-dealkylation sites (N-methyl/N-ethyl adjacent to an activating group) is 1. The maximum atomic E-state index is 14.1. The van der Waals surface area contributed by atoms with Gasteiger partial charge in [-0.05, 0) is 49.0 Å². The number of Topliss-reactive ketones (excluding diaryl/α,β-unsaturated/α-hetero) is 4. The summed E-state index contributed by atoms with van der Waals surface area (Å²) >= 11 is 6.01. The van der Waals surface area contributed by atoms with Gasteiger partial charge in [-0.1, -0.05) is 41.9 Å². The van der Waals surface area contributed by atoms with Gasteiger partial charge in [0.1, 0.15) is 5.75 Å². The number of phenolic OH excluding ortho intramolecular Hbond substituents is 1. The van der Waals surface area contributed by atoms with E-state index in [1.807, 2.05) is 0 Å². The monoisotopic (exact) mass is 552 g/mol. The predicted molar refractivity (Wildman–Crippen MR) is 138 cm³/mol. The molecule has 1 amide bonds. The van der Waals surface area contributed by atoms with Gasteiger partial charge in [-0.15, -0.1) is 0 Å². The SMILES string of the molecule is CN(C)[C@@H]1C(=O)C(C(N)=O)C(=O)[C@@]2(O)C(=O)C3C(=O)c4c(O)cccc4C(=Cc4ccc(Cl)cc4)[C@H]3[C@H](O)[C@@H]12. The van der Waals surface area contributed by atoms with Crippen LogP contribution < -0.4 is 5.73 Å². The summed E-state index contributed by atoms with van der Waals surface area (Å²) in [6.07, 6.45) is -0.159. The maximum Gasteiger partial charge on any atom is 0.235 e. The van der Waals surface area contributed by atoms with Crippen LogP contribution in [0.4, 0.5) is 0 Å². The van der Waals surface area contributed by atoms with Gasteiger partial charge in [-0.3, -0.25) is 28.9 Å². The summed E-state index contributed by atoms with van der Waals surface area (Å²) in [6.45, 7) is 0. The number of primary amides is 1. The van der Waals surface area contributed by atoms with Crippen molar-refractivity contribution in [3.05, 3.63) is 64.2 Å². The first-order valence-corrected chi connectivity index (χ1v) is 12.5. The molecule has 2 fully saturated rings. The molecule has 0 bridgehead atoms. The first kappa shape index (κ1) is 26.9. The molecule has 5 N–H and O–H groups in total. The third-order valence-electron chi connectivity index (χ3n) is 8.06. The van der Waals surface area contributed by atoms with E-state index in [0.717, 1.165) is 0 Å². The number of halogens is 1. The van der Waals surface area contributed by atoms with E-state index in [0.29, 0.717) is 10.6 Å². The lowest BCUT2D eigenvalue weighted by molar-refractivity contribution is -0.192. The molecule has 0 radical (unpaired) electrons. The van der Waals surface area contributed by atoms with Crippen molar-refractivity contribution in [1.29, 1.82) is 0 Å². The van der Waals surface area contributed by atoms with Crippen LogP contribution in [0.2, 0.25) is 5.02 Å². The lowest BCUT2D eigenvalue weighted by atomic mass is 9.50. The van der Waals surface area contributed by atoms with E-state index in [1.165, 1.54) is 31.1 Å². The second-order valence-corrected chi connectivity index (χ2v) is 10.8. The van der Waals surface area contributed by atoms with Crippen LogP contribution in [-0.2, 0) is 19.2 Å². The van der Waals surface area contributed by atoms with Gasteiger partial charge in [0, 0.05) is 10.9 Å². The summed E-state index contributed by atoms with van der Waals surface area (Å²) < 4.78 is 0. The fourth-order valence-corrected chi connectivity index (χ4v) is 6.53. The average molecular weight is 553 g/mol. The average Bonchev–Trinajstić information content (AvgIpc) is 2.86. The summed E-state index contributed by atoms with van der Waals surface area (Å²) in [5.41, 5.74) is 3.17. The van der Waals surface area contributed by atoms with Crippen LogP contribution >= 0.6 is 11.6 Å². The lowest BCUT2D eigenvalue weighted by Crippen LogP contribution is -2.77. The number of aromatic hydroxyl groups is 1. The molecule has 39 heavy (non-hydrogen) atoms. The van der Waals surface area contributed by atoms with Crippen LogP contribution in [0, 0.1) is 23.7 Å². The van der Waals surface area contributed by atoms with E-state index >= 15 is 0 Å². The number of aliphatic hydroxyl groups excluding tert-OH is 1. The standard InChI is InChI=1S/C28H25ClN2O8/c1-31(2)21-20-23(34)17-14(10-11-6-8-12(29)9-7-11)13-4-3-5-15(32)16(13)22(33)18(17)25(36)28(20,39)26(37)19(24(21)35)27(30)38/h3-10,17-21,23,32,34,39H,1-2H3,(H2,30,38)/t17-,18?,19?,20-,21+,23+,28+/m1/s1. The van der Waals surface area contributed by atoms with Gasteiger partial charge in [0.25, 0.3) is 0 Å². The van der Waals surface area contributed by atoms with Crippen molar-refractivity contribution in [3.8, 4) is 5.75 Å². The molecule has 5 rings (SSSR count). The smallest absolute Gasteiger partial charge is 0.235 e. The molecular formula is C28H25ClN2O8. The van der Waals surface area contributed by atoms with Crippen LogP contribution in [0.25, 0.3) is 11.6 Å². The molecule has 10 nitrogen and oxygen atoms in total. The molecule has 11 heteroatoms. The quantitative estimate of drug-likeness (QED) is 0.395. The van der Waals surface area contributed by atoms with Gasteiger partial charge >= 0.3 is 0 Å². The Morgan fingerprint density at radius 2 is 1.69 bits per heavy atom. The Labute approximate surface area is 227 Å². The Morgan fingerprint density at radius 1 is 1.05 bits per heavy atom. The number of carbonyl (C=O) groups excluding carboxylic acids is 5. The van der Waals surface area contributed by atoms with E-state index in [-0.39, 0.29) is 16.7 Å². The first-order valence-electron chi connectivity index (χ1n) is 12.1. The molecule has 2 saturated carbocycles. The Bertz CT molecular complexity index is 1480. The molecule has 7 atom stereocenters. The number of hydrogen-bond donors (Lipinski definition) is 4. The molecule has 0 saturated heterocycles. The van der Waals surface area contributed by atoms with E-state index < -0.39 is 76.2 Å². The fourth-order valence-electron chi connectivity index (χ4n) is 6.41. The van der Waals surface area contributed by atoms with Gasteiger partial charge in [0.05, 0.1) is 29.5 Å². The van der Waals surface area contributed by atoms with Crippen molar-refractivity contribution in [3.63, 3.8) is 0 Å². The Hall–Kier alpha value is -3.70. The van der Waals surface area contributed by atoms with E-state index in [1.54, 1.807) is 36.4 Å². The minimum Gasteiger partial charge on any atom is -0.507 e. The number of nitrogens with two attached hydrogens (primary N) is 1. The number of amides is 1. The third-order valence-corrected chi connectivity index (χ3v) is 8.32. The zero-order valence-corrected chi connectivity index (χ0v) is 21.6. The number of aliphatic hydroxyl groups is 2. The number of phenols is 1. The van der Waals surface area contributed by atoms with Crippen LogP contribution in [0.1, 0.15) is 21.5 Å². The molecular weight excluding hydrogens is 528 g/mol. The zero-order valence-electron chi connectivity index (χ0n) is 20.9. The molecule has 0 heterocycles. The Balaban J connectivity index is 1.79. The van der Waals surface area contributed by atoms with Gasteiger partial charge in [-0.25, -0.2) is 0 Å². The molecule has 3 aliphatic carbocycles.